The van der Waals surface area contributed by atoms with Gasteiger partial charge in [-0.1, -0.05) is 24.3 Å². The number of carbonyl (C=O) groups is 1. The Bertz CT molecular complexity index is 628. The van der Waals surface area contributed by atoms with Crippen LogP contribution in [0.15, 0.2) is 48.5 Å². The van der Waals surface area contributed by atoms with Gasteiger partial charge in [-0.25, -0.2) is 0 Å². The molecule has 0 aliphatic rings. The molecule has 0 radical (unpaired) electrons. The molecule has 0 fully saturated rings. The van der Waals surface area contributed by atoms with Crippen LogP contribution in [0.5, 0.6) is 11.5 Å². The van der Waals surface area contributed by atoms with E-state index >= 15 is 0 Å². The minimum atomic E-state index is -0.746. The van der Waals surface area contributed by atoms with Gasteiger partial charge in [0.05, 0.1) is 13.2 Å². The topological polar surface area (TPSA) is 84.6 Å². The van der Waals surface area contributed by atoms with Crippen molar-refractivity contribution in [2.45, 2.75) is 12.5 Å². The van der Waals surface area contributed by atoms with Crippen LogP contribution in [0, 0.1) is 0 Å². The molecule has 0 aliphatic heterocycles. The third kappa shape index (κ3) is 3.97. The van der Waals surface area contributed by atoms with Crippen LogP contribution in [-0.2, 0) is 11.2 Å². The number of rotatable bonds is 5. The SMILES string of the molecule is COc1cccc(NC(=O)C(N)Cc2ccccc2O)c1. The summed E-state index contributed by atoms with van der Waals surface area (Å²) >= 11 is 0. The first-order chi connectivity index (χ1) is 10.1. The summed E-state index contributed by atoms with van der Waals surface area (Å²) in [5.41, 5.74) is 7.14. The number of hydrogen-bond acceptors (Lipinski definition) is 4. The maximum absolute atomic E-state index is 12.1. The van der Waals surface area contributed by atoms with Crippen molar-refractivity contribution in [3.63, 3.8) is 0 Å². The summed E-state index contributed by atoms with van der Waals surface area (Å²) in [4.78, 5) is 12.1. The number of nitrogens with two attached hydrogens (primary N) is 1. The van der Waals surface area contributed by atoms with Gasteiger partial charge >= 0.3 is 0 Å². The van der Waals surface area contributed by atoms with Gasteiger partial charge in [0.2, 0.25) is 5.91 Å². The van der Waals surface area contributed by atoms with E-state index in [9.17, 15) is 9.90 Å². The Morgan fingerprint density at radius 2 is 2.05 bits per heavy atom. The van der Waals surface area contributed by atoms with Crippen molar-refractivity contribution < 1.29 is 14.6 Å². The van der Waals surface area contributed by atoms with Crippen molar-refractivity contribution in [3.8, 4) is 11.5 Å². The largest absolute Gasteiger partial charge is 0.508 e. The van der Waals surface area contributed by atoms with Gasteiger partial charge in [0.25, 0.3) is 0 Å². The number of carbonyl (C=O) groups excluding carboxylic acids is 1. The molecular formula is C16H18N2O3. The van der Waals surface area contributed by atoms with Crippen LogP contribution >= 0.6 is 0 Å². The van der Waals surface area contributed by atoms with Crippen LogP contribution in [0.4, 0.5) is 5.69 Å². The monoisotopic (exact) mass is 286 g/mol. The van der Waals surface area contributed by atoms with Gasteiger partial charge in [-0.15, -0.1) is 0 Å². The van der Waals surface area contributed by atoms with Crippen LogP contribution in [0.25, 0.3) is 0 Å². The average Bonchev–Trinajstić information content (AvgIpc) is 2.49. The number of phenolic OH excluding ortho intramolecular Hbond substituents is 1. The van der Waals surface area contributed by atoms with Crippen LogP contribution in [0.1, 0.15) is 5.56 Å². The molecule has 0 bridgehead atoms. The number of aromatic hydroxyl groups is 1. The van der Waals surface area contributed by atoms with Crippen LogP contribution < -0.4 is 15.8 Å². The first-order valence-corrected chi connectivity index (χ1v) is 6.57. The molecule has 21 heavy (non-hydrogen) atoms. The molecule has 0 saturated heterocycles. The first-order valence-electron chi connectivity index (χ1n) is 6.57. The average molecular weight is 286 g/mol. The highest BCUT2D eigenvalue weighted by Gasteiger charge is 2.16. The zero-order chi connectivity index (χ0) is 15.2. The maximum Gasteiger partial charge on any atom is 0.241 e. The summed E-state index contributed by atoms with van der Waals surface area (Å²) in [5.74, 6) is 0.482. The minimum absolute atomic E-state index is 0.141. The number of benzene rings is 2. The van der Waals surface area contributed by atoms with Crippen LogP contribution in [0.3, 0.4) is 0 Å². The van der Waals surface area contributed by atoms with Gasteiger partial charge in [0.1, 0.15) is 11.5 Å². The Labute approximate surface area is 123 Å². The predicted octanol–water partition coefficient (Wildman–Crippen LogP) is 1.91. The van der Waals surface area contributed by atoms with Crippen molar-refractivity contribution in [1.29, 1.82) is 0 Å². The Morgan fingerprint density at radius 3 is 2.76 bits per heavy atom. The Hall–Kier alpha value is -2.53. The van der Waals surface area contributed by atoms with E-state index < -0.39 is 6.04 Å². The third-order valence-electron chi connectivity index (χ3n) is 3.11. The molecular weight excluding hydrogens is 268 g/mol. The molecule has 2 rings (SSSR count). The standard InChI is InChI=1S/C16H18N2O3/c1-21-13-7-4-6-12(10-13)18-16(20)14(17)9-11-5-2-3-8-15(11)19/h2-8,10,14,19H,9,17H2,1H3,(H,18,20). The van der Waals surface area contributed by atoms with E-state index in [0.717, 1.165) is 0 Å². The number of methoxy groups -OCH3 is 1. The summed E-state index contributed by atoms with van der Waals surface area (Å²) in [6.07, 6.45) is 0.266. The number of phenols is 1. The lowest BCUT2D eigenvalue weighted by Gasteiger charge is -2.13. The highest BCUT2D eigenvalue weighted by Crippen LogP contribution is 2.19. The van der Waals surface area contributed by atoms with E-state index in [0.29, 0.717) is 17.0 Å². The van der Waals surface area contributed by atoms with Crippen molar-refractivity contribution in [2.75, 3.05) is 12.4 Å². The first kappa shape index (κ1) is 14.9. The molecule has 0 aliphatic carbocycles. The van der Waals surface area contributed by atoms with Crippen molar-refractivity contribution in [2.24, 2.45) is 5.73 Å². The highest BCUT2D eigenvalue weighted by molar-refractivity contribution is 5.95. The fraction of sp³-hybridized carbons (Fsp3) is 0.188. The van der Waals surface area contributed by atoms with Crippen molar-refractivity contribution in [1.82, 2.24) is 0 Å². The quantitative estimate of drug-likeness (QED) is 0.784. The molecule has 2 aromatic rings. The van der Waals surface area contributed by atoms with E-state index in [1.54, 1.807) is 55.6 Å². The van der Waals surface area contributed by atoms with E-state index in [1.807, 2.05) is 0 Å². The Morgan fingerprint density at radius 1 is 1.29 bits per heavy atom. The third-order valence-corrected chi connectivity index (χ3v) is 3.11. The zero-order valence-electron chi connectivity index (χ0n) is 11.7. The lowest BCUT2D eigenvalue weighted by molar-refractivity contribution is -0.117. The number of ether oxygens (including phenoxy) is 1. The van der Waals surface area contributed by atoms with E-state index in [-0.39, 0.29) is 18.1 Å². The molecule has 1 unspecified atom stereocenters. The Balaban J connectivity index is 2.01. The summed E-state index contributed by atoms with van der Waals surface area (Å²) in [6, 6.07) is 13.1. The second-order valence-corrected chi connectivity index (χ2v) is 4.66. The number of anilines is 1. The lowest BCUT2D eigenvalue weighted by Crippen LogP contribution is -2.37. The van der Waals surface area contributed by atoms with Gasteiger partial charge < -0.3 is 20.9 Å². The predicted molar refractivity (Wildman–Crippen MR) is 81.4 cm³/mol. The second kappa shape index (κ2) is 6.76. The maximum atomic E-state index is 12.1. The number of hydrogen-bond donors (Lipinski definition) is 3. The molecule has 1 atom stereocenters. The summed E-state index contributed by atoms with van der Waals surface area (Å²) in [7, 11) is 1.56. The molecule has 5 heteroatoms. The summed E-state index contributed by atoms with van der Waals surface area (Å²) in [5, 5.41) is 12.4. The smallest absolute Gasteiger partial charge is 0.241 e. The van der Waals surface area contributed by atoms with Crippen LogP contribution in [0.2, 0.25) is 0 Å². The molecule has 0 heterocycles. The fourth-order valence-corrected chi connectivity index (χ4v) is 1.95. The van der Waals surface area contributed by atoms with Gasteiger partial charge in [-0.2, -0.15) is 0 Å². The number of nitrogens with one attached hydrogen (secondary N) is 1. The Kier molecular flexibility index (Phi) is 4.79. The number of amides is 1. The molecule has 0 spiro atoms. The highest BCUT2D eigenvalue weighted by atomic mass is 16.5. The summed E-state index contributed by atoms with van der Waals surface area (Å²) < 4.78 is 5.09. The van der Waals surface area contributed by atoms with Crippen molar-refractivity contribution in [3.05, 3.63) is 54.1 Å². The van der Waals surface area contributed by atoms with E-state index in [2.05, 4.69) is 5.32 Å². The van der Waals surface area contributed by atoms with E-state index in [1.165, 1.54) is 0 Å². The molecule has 0 saturated carbocycles. The normalized spacial score (nSPS) is 11.7. The van der Waals surface area contributed by atoms with Gasteiger partial charge in [0.15, 0.2) is 0 Å². The molecule has 1 amide bonds. The molecule has 110 valence electrons. The van der Waals surface area contributed by atoms with Gasteiger partial charge in [-0.3, -0.25) is 4.79 Å². The summed E-state index contributed by atoms with van der Waals surface area (Å²) in [6.45, 7) is 0. The lowest BCUT2D eigenvalue weighted by atomic mass is 10.0. The fourth-order valence-electron chi connectivity index (χ4n) is 1.95. The number of para-hydroxylation sites is 1. The zero-order valence-corrected chi connectivity index (χ0v) is 11.7. The second-order valence-electron chi connectivity index (χ2n) is 4.66. The van der Waals surface area contributed by atoms with E-state index in [4.69, 9.17) is 10.5 Å². The minimum Gasteiger partial charge on any atom is -0.508 e. The van der Waals surface area contributed by atoms with Gasteiger partial charge in [-0.05, 0) is 23.8 Å². The molecule has 2 aromatic carbocycles. The molecule has 0 aromatic heterocycles. The van der Waals surface area contributed by atoms with Gasteiger partial charge in [0, 0.05) is 18.2 Å². The van der Waals surface area contributed by atoms with Crippen LogP contribution in [-0.4, -0.2) is 24.2 Å². The van der Waals surface area contributed by atoms with Crippen molar-refractivity contribution >= 4 is 11.6 Å². The molecule has 5 nitrogen and oxygen atoms in total. The molecule has 4 N–H and O–H groups in total.